The van der Waals surface area contributed by atoms with Crippen LogP contribution in [0.1, 0.15) is 25.3 Å². The Morgan fingerprint density at radius 2 is 1.93 bits per heavy atom. The summed E-state index contributed by atoms with van der Waals surface area (Å²) in [6.07, 6.45) is 2.82. The van der Waals surface area contributed by atoms with Crippen molar-refractivity contribution >= 4 is 0 Å². The van der Waals surface area contributed by atoms with E-state index < -0.39 is 0 Å². The van der Waals surface area contributed by atoms with Crippen LogP contribution in [0.15, 0.2) is 30.3 Å². The topological polar surface area (TPSA) is 38.0 Å². The normalized spacial score (nSPS) is 14.4. The monoisotopic (exact) mass is 192 g/mol. The first kappa shape index (κ1) is 11.2. The van der Waals surface area contributed by atoms with E-state index in [1.807, 2.05) is 30.3 Å². The highest BCUT2D eigenvalue weighted by molar-refractivity contribution is 5.13. The van der Waals surface area contributed by atoms with E-state index in [0.717, 1.165) is 12.6 Å². The summed E-state index contributed by atoms with van der Waals surface area (Å²) in [6.45, 7) is 3.93. The molecule has 2 heteroatoms. The first-order valence-electron chi connectivity index (χ1n) is 5.34. The molecule has 0 heterocycles. The van der Waals surface area contributed by atoms with Crippen molar-refractivity contribution in [3.63, 3.8) is 0 Å². The van der Waals surface area contributed by atoms with Gasteiger partial charge in [0.25, 0.3) is 0 Å². The second-order valence-corrected chi connectivity index (χ2v) is 3.52. The summed E-state index contributed by atoms with van der Waals surface area (Å²) in [5, 5.41) is 3.32. The van der Waals surface area contributed by atoms with Gasteiger partial charge in [-0.3, -0.25) is 0 Å². The summed E-state index contributed by atoms with van der Waals surface area (Å²) >= 11 is 0. The van der Waals surface area contributed by atoms with E-state index in [2.05, 4.69) is 12.2 Å². The summed E-state index contributed by atoms with van der Waals surface area (Å²) in [7, 11) is 0. The summed E-state index contributed by atoms with van der Waals surface area (Å²) in [6, 6.07) is 10.9. The lowest BCUT2D eigenvalue weighted by Crippen LogP contribution is -2.14. The summed E-state index contributed by atoms with van der Waals surface area (Å²) in [5.41, 5.74) is 6.54. The van der Waals surface area contributed by atoms with E-state index in [4.69, 9.17) is 5.73 Å². The Labute approximate surface area is 86.5 Å². The van der Waals surface area contributed by atoms with Crippen LogP contribution in [0.5, 0.6) is 0 Å². The number of nitrogens with two attached hydrogens (primary N) is 1. The van der Waals surface area contributed by atoms with Gasteiger partial charge in [-0.15, -0.1) is 0 Å². The molecule has 0 spiro atoms. The summed E-state index contributed by atoms with van der Waals surface area (Å²) in [4.78, 5) is 0. The van der Waals surface area contributed by atoms with Gasteiger partial charge < -0.3 is 11.1 Å². The Bertz CT molecular complexity index is 229. The second-order valence-electron chi connectivity index (χ2n) is 3.52. The molecule has 14 heavy (non-hydrogen) atoms. The fourth-order valence-electron chi connectivity index (χ4n) is 1.19. The number of nitrogens with one attached hydrogen (secondary N) is 1. The van der Waals surface area contributed by atoms with Crippen molar-refractivity contribution in [3.8, 4) is 0 Å². The Morgan fingerprint density at radius 1 is 1.29 bits per heavy atom. The molecule has 0 radical (unpaired) electrons. The minimum absolute atomic E-state index is 0.640. The van der Waals surface area contributed by atoms with Crippen LogP contribution in [-0.4, -0.2) is 12.6 Å². The number of rotatable bonds is 3. The molecule has 0 unspecified atom stereocenters. The first-order valence-corrected chi connectivity index (χ1v) is 5.34. The molecule has 1 aromatic rings. The quantitative estimate of drug-likeness (QED) is 0.767. The highest BCUT2D eigenvalue weighted by Gasteiger charge is 2.18. The maximum Gasteiger partial charge on any atom is 0.0178 e. The third-order valence-corrected chi connectivity index (χ3v) is 2.15. The number of hydrogen-bond donors (Lipinski definition) is 2. The van der Waals surface area contributed by atoms with Crippen molar-refractivity contribution in [1.82, 2.24) is 5.32 Å². The van der Waals surface area contributed by atoms with E-state index in [9.17, 15) is 0 Å². The average molecular weight is 192 g/mol. The van der Waals surface area contributed by atoms with Crippen LogP contribution in [0.2, 0.25) is 0 Å². The van der Waals surface area contributed by atoms with E-state index in [1.165, 1.54) is 18.4 Å². The van der Waals surface area contributed by atoms with Crippen molar-refractivity contribution < 1.29 is 0 Å². The predicted molar refractivity (Wildman–Crippen MR) is 61.0 cm³/mol. The van der Waals surface area contributed by atoms with E-state index in [-0.39, 0.29) is 0 Å². The molecule has 1 aliphatic carbocycles. The lowest BCUT2D eigenvalue weighted by Gasteiger charge is -1.90. The highest BCUT2D eigenvalue weighted by Crippen LogP contribution is 2.17. The molecule has 3 N–H and O–H groups in total. The van der Waals surface area contributed by atoms with Gasteiger partial charge >= 0.3 is 0 Å². The fraction of sp³-hybridized carbons (Fsp3) is 0.500. The zero-order chi connectivity index (χ0) is 10.2. The molecular formula is C12H20N2. The van der Waals surface area contributed by atoms with Gasteiger partial charge in [0.05, 0.1) is 0 Å². The zero-order valence-corrected chi connectivity index (χ0v) is 8.87. The third-order valence-electron chi connectivity index (χ3n) is 2.15. The molecular weight excluding hydrogens is 172 g/mol. The van der Waals surface area contributed by atoms with Gasteiger partial charge in [0.2, 0.25) is 0 Å². The molecule has 0 saturated heterocycles. The minimum Gasteiger partial charge on any atom is -0.326 e. The highest BCUT2D eigenvalue weighted by atomic mass is 14.9. The van der Waals surface area contributed by atoms with Crippen molar-refractivity contribution in [3.05, 3.63) is 35.9 Å². The van der Waals surface area contributed by atoms with Gasteiger partial charge in [-0.2, -0.15) is 0 Å². The Balaban J connectivity index is 0.000000146. The van der Waals surface area contributed by atoms with Crippen LogP contribution in [0.25, 0.3) is 0 Å². The zero-order valence-electron chi connectivity index (χ0n) is 8.87. The van der Waals surface area contributed by atoms with Gasteiger partial charge in [-0.05, 0) is 24.9 Å². The van der Waals surface area contributed by atoms with Gasteiger partial charge in [0, 0.05) is 12.6 Å². The van der Waals surface area contributed by atoms with E-state index >= 15 is 0 Å². The Kier molecular flexibility index (Phi) is 5.27. The molecule has 0 atom stereocenters. The standard InChI is InChI=1S/C7H9N.C5H11N/c8-6-7-4-2-1-3-5-7;1-2-6-5-3-4-5/h1-5H,6,8H2;5-6H,2-4H2,1H3. The van der Waals surface area contributed by atoms with Crippen LogP contribution in [0.4, 0.5) is 0 Å². The lowest BCUT2D eigenvalue weighted by molar-refractivity contribution is 0.721. The molecule has 1 aliphatic rings. The largest absolute Gasteiger partial charge is 0.326 e. The van der Waals surface area contributed by atoms with Gasteiger partial charge in [0.1, 0.15) is 0 Å². The molecule has 0 amide bonds. The molecule has 78 valence electrons. The maximum absolute atomic E-state index is 5.35. The second kappa shape index (κ2) is 6.57. The molecule has 0 aromatic heterocycles. The first-order chi connectivity index (χ1) is 6.86. The van der Waals surface area contributed by atoms with Crippen molar-refractivity contribution in [2.45, 2.75) is 32.4 Å². The minimum atomic E-state index is 0.640. The van der Waals surface area contributed by atoms with E-state index in [0.29, 0.717) is 6.54 Å². The van der Waals surface area contributed by atoms with Gasteiger partial charge in [0.15, 0.2) is 0 Å². The third kappa shape index (κ3) is 5.00. The van der Waals surface area contributed by atoms with Crippen LogP contribution < -0.4 is 11.1 Å². The molecule has 1 fully saturated rings. The number of benzene rings is 1. The van der Waals surface area contributed by atoms with Crippen LogP contribution in [0, 0.1) is 0 Å². The molecule has 0 bridgehead atoms. The van der Waals surface area contributed by atoms with Crippen molar-refractivity contribution in [1.29, 1.82) is 0 Å². The Hall–Kier alpha value is -0.860. The van der Waals surface area contributed by atoms with E-state index in [1.54, 1.807) is 0 Å². The van der Waals surface area contributed by atoms with Crippen LogP contribution >= 0.6 is 0 Å². The molecule has 2 rings (SSSR count). The van der Waals surface area contributed by atoms with Crippen molar-refractivity contribution in [2.24, 2.45) is 5.73 Å². The molecule has 2 nitrogen and oxygen atoms in total. The summed E-state index contributed by atoms with van der Waals surface area (Å²) < 4.78 is 0. The van der Waals surface area contributed by atoms with Crippen LogP contribution in [-0.2, 0) is 6.54 Å². The van der Waals surface area contributed by atoms with Crippen LogP contribution in [0.3, 0.4) is 0 Å². The van der Waals surface area contributed by atoms with Gasteiger partial charge in [-0.25, -0.2) is 0 Å². The average Bonchev–Trinajstić information content (AvgIpc) is 3.05. The smallest absolute Gasteiger partial charge is 0.0178 e. The lowest BCUT2D eigenvalue weighted by atomic mass is 10.2. The molecule has 1 aromatic carbocycles. The SMILES string of the molecule is CCNC1CC1.NCc1ccccc1. The number of hydrogen-bond acceptors (Lipinski definition) is 2. The summed E-state index contributed by atoms with van der Waals surface area (Å²) in [5.74, 6) is 0. The fourth-order valence-corrected chi connectivity index (χ4v) is 1.19. The molecule has 0 aliphatic heterocycles. The van der Waals surface area contributed by atoms with Gasteiger partial charge in [-0.1, -0.05) is 37.3 Å². The maximum atomic E-state index is 5.35. The van der Waals surface area contributed by atoms with Crippen molar-refractivity contribution in [2.75, 3.05) is 6.54 Å². The molecule has 1 saturated carbocycles. The Morgan fingerprint density at radius 3 is 2.21 bits per heavy atom. The predicted octanol–water partition coefficient (Wildman–Crippen LogP) is 1.90.